The predicted molar refractivity (Wildman–Crippen MR) is 88.1 cm³/mol. The molecule has 2 aromatic carbocycles. The van der Waals surface area contributed by atoms with Crippen molar-refractivity contribution in [2.24, 2.45) is 0 Å². The Morgan fingerprint density at radius 1 is 1.05 bits per heavy atom. The van der Waals surface area contributed by atoms with E-state index in [0.717, 1.165) is 18.1 Å². The largest absolute Gasteiger partial charge is 0.341 e. The van der Waals surface area contributed by atoms with E-state index in [-0.39, 0.29) is 5.54 Å². The Hall–Kier alpha value is -2.13. The van der Waals surface area contributed by atoms with Gasteiger partial charge in [-0.05, 0) is 37.6 Å². The van der Waals surface area contributed by atoms with Crippen molar-refractivity contribution in [1.29, 1.82) is 0 Å². The molecule has 0 amide bonds. The quantitative estimate of drug-likeness (QED) is 0.757. The third-order valence-electron chi connectivity index (χ3n) is 3.48. The summed E-state index contributed by atoms with van der Waals surface area (Å²) in [5.74, 6) is 0.966. The average Bonchev–Trinajstić information content (AvgIpc) is 2.93. The molecule has 0 fully saturated rings. The summed E-state index contributed by atoms with van der Waals surface area (Å²) < 4.78 is 0. The number of rotatable bonds is 3. The predicted octanol–water partition coefficient (Wildman–Crippen LogP) is 4.12. The number of imidazole rings is 1. The summed E-state index contributed by atoms with van der Waals surface area (Å²) in [6.07, 6.45) is 1.91. The Balaban J connectivity index is 1.84. The monoisotopic (exact) mass is 279 g/mol. The summed E-state index contributed by atoms with van der Waals surface area (Å²) in [6, 6.07) is 14.9. The maximum Gasteiger partial charge on any atom is 0.120 e. The van der Waals surface area contributed by atoms with Gasteiger partial charge in [-0.25, -0.2) is 4.98 Å². The molecule has 1 aromatic heterocycles. The van der Waals surface area contributed by atoms with Gasteiger partial charge in [0, 0.05) is 11.1 Å². The first-order valence-electron chi connectivity index (χ1n) is 7.29. The minimum Gasteiger partial charge on any atom is -0.341 e. The summed E-state index contributed by atoms with van der Waals surface area (Å²) in [4.78, 5) is 7.85. The molecular formula is C18H21N3. The van der Waals surface area contributed by atoms with Crippen molar-refractivity contribution in [3.63, 3.8) is 0 Å². The van der Waals surface area contributed by atoms with Gasteiger partial charge in [-0.1, -0.05) is 36.4 Å². The minimum atomic E-state index is 0.0932. The van der Waals surface area contributed by atoms with Gasteiger partial charge in [0.05, 0.1) is 18.4 Å². The van der Waals surface area contributed by atoms with Crippen LogP contribution in [0.2, 0.25) is 0 Å². The maximum atomic E-state index is 4.46. The van der Waals surface area contributed by atoms with Crippen LogP contribution in [0.15, 0.2) is 48.7 Å². The van der Waals surface area contributed by atoms with E-state index < -0.39 is 0 Å². The van der Waals surface area contributed by atoms with Crippen molar-refractivity contribution in [2.45, 2.75) is 32.9 Å². The molecule has 0 spiro atoms. The van der Waals surface area contributed by atoms with E-state index in [2.05, 4.69) is 78.5 Å². The van der Waals surface area contributed by atoms with Crippen molar-refractivity contribution in [2.75, 3.05) is 0 Å². The summed E-state index contributed by atoms with van der Waals surface area (Å²) in [5.41, 5.74) is 2.32. The maximum absolute atomic E-state index is 4.46. The highest BCUT2D eigenvalue weighted by Crippen LogP contribution is 2.23. The molecule has 21 heavy (non-hydrogen) atoms. The first-order valence-corrected chi connectivity index (χ1v) is 7.29. The number of nitrogens with zero attached hydrogens (tertiary/aromatic N) is 1. The molecule has 0 saturated heterocycles. The minimum absolute atomic E-state index is 0.0932. The van der Waals surface area contributed by atoms with Gasteiger partial charge in [-0.3, -0.25) is 0 Å². The van der Waals surface area contributed by atoms with Crippen molar-refractivity contribution >= 4 is 10.8 Å². The molecular weight excluding hydrogens is 258 g/mol. The second kappa shape index (κ2) is 5.34. The van der Waals surface area contributed by atoms with Crippen LogP contribution in [-0.2, 0) is 6.54 Å². The van der Waals surface area contributed by atoms with Crippen LogP contribution in [-0.4, -0.2) is 15.5 Å². The Morgan fingerprint density at radius 2 is 1.81 bits per heavy atom. The fourth-order valence-corrected chi connectivity index (χ4v) is 2.30. The van der Waals surface area contributed by atoms with Crippen LogP contribution < -0.4 is 5.32 Å². The zero-order valence-corrected chi connectivity index (χ0v) is 12.8. The van der Waals surface area contributed by atoms with E-state index in [4.69, 9.17) is 0 Å². The van der Waals surface area contributed by atoms with E-state index in [0.29, 0.717) is 0 Å². The fourth-order valence-electron chi connectivity index (χ4n) is 2.30. The molecule has 0 aliphatic heterocycles. The summed E-state index contributed by atoms with van der Waals surface area (Å²) >= 11 is 0. The highest BCUT2D eigenvalue weighted by Gasteiger charge is 2.10. The Morgan fingerprint density at radius 3 is 2.57 bits per heavy atom. The van der Waals surface area contributed by atoms with Crippen LogP contribution in [0.3, 0.4) is 0 Å². The van der Waals surface area contributed by atoms with Crippen LogP contribution in [0, 0.1) is 0 Å². The normalized spacial score (nSPS) is 12.0. The van der Waals surface area contributed by atoms with Gasteiger partial charge in [0.15, 0.2) is 0 Å². The lowest BCUT2D eigenvalue weighted by atomic mass is 10.1. The Kier molecular flexibility index (Phi) is 3.52. The van der Waals surface area contributed by atoms with Gasteiger partial charge in [-0.15, -0.1) is 0 Å². The SMILES string of the molecule is CC(C)(C)NCc1ncc(-c2ccc3ccccc3c2)[nH]1. The molecule has 0 bridgehead atoms. The molecule has 0 atom stereocenters. The smallest absolute Gasteiger partial charge is 0.120 e. The molecule has 3 aromatic rings. The van der Waals surface area contributed by atoms with Gasteiger partial charge >= 0.3 is 0 Å². The zero-order valence-electron chi connectivity index (χ0n) is 12.8. The van der Waals surface area contributed by atoms with E-state index >= 15 is 0 Å². The summed E-state index contributed by atoms with van der Waals surface area (Å²) in [6.45, 7) is 7.21. The molecule has 1 heterocycles. The number of aromatic amines is 1. The number of H-pyrrole nitrogens is 1. The number of fused-ring (bicyclic) bond motifs is 1. The second-order valence-electron chi connectivity index (χ2n) is 6.41. The van der Waals surface area contributed by atoms with E-state index in [1.165, 1.54) is 16.3 Å². The van der Waals surface area contributed by atoms with E-state index in [1.54, 1.807) is 0 Å². The summed E-state index contributed by atoms with van der Waals surface area (Å²) in [7, 11) is 0. The topological polar surface area (TPSA) is 40.7 Å². The molecule has 0 aliphatic carbocycles. The van der Waals surface area contributed by atoms with Gasteiger partial charge in [0.1, 0.15) is 5.82 Å². The number of nitrogens with one attached hydrogen (secondary N) is 2. The average molecular weight is 279 g/mol. The molecule has 0 unspecified atom stereocenters. The van der Waals surface area contributed by atoms with Gasteiger partial charge in [0.2, 0.25) is 0 Å². The van der Waals surface area contributed by atoms with Crippen LogP contribution in [0.25, 0.3) is 22.0 Å². The van der Waals surface area contributed by atoms with Crippen LogP contribution in [0.5, 0.6) is 0 Å². The van der Waals surface area contributed by atoms with Crippen molar-refractivity contribution in [3.05, 3.63) is 54.5 Å². The number of hydrogen-bond donors (Lipinski definition) is 2. The first-order chi connectivity index (χ1) is 10.0. The number of benzene rings is 2. The molecule has 3 heteroatoms. The fraction of sp³-hybridized carbons (Fsp3) is 0.278. The number of aromatic nitrogens is 2. The van der Waals surface area contributed by atoms with E-state index in [1.807, 2.05) is 6.20 Å². The molecule has 3 nitrogen and oxygen atoms in total. The Labute approximate surface area is 125 Å². The molecule has 0 saturated carbocycles. The van der Waals surface area contributed by atoms with Crippen LogP contribution in [0.4, 0.5) is 0 Å². The van der Waals surface area contributed by atoms with Crippen molar-refractivity contribution < 1.29 is 0 Å². The lowest BCUT2D eigenvalue weighted by molar-refractivity contribution is 0.418. The van der Waals surface area contributed by atoms with Gasteiger partial charge in [0.25, 0.3) is 0 Å². The van der Waals surface area contributed by atoms with E-state index in [9.17, 15) is 0 Å². The van der Waals surface area contributed by atoms with Gasteiger partial charge < -0.3 is 10.3 Å². The molecule has 2 N–H and O–H groups in total. The molecule has 108 valence electrons. The van der Waals surface area contributed by atoms with Crippen LogP contribution in [0.1, 0.15) is 26.6 Å². The lowest BCUT2D eigenvalue weighted by Gasteiger charge is -2.19. The second-order valence-corrected chi connectivity index (χ2v) is 6.41. The zero-order chi connectivity index (χ0) is 14.9. The number of hydrogen-bond acceptors (Lipinski definition) is 2. The highest BCUT2D eigenvalue weighted by molar-refractivity contribution is 5.86. The first kappa shape index (κ1) is 13.8. The third-order valence-corrected chi connectivity index (χ3v) is 3.48. The van der Waals surface area contributed by atoms with Crippen molar-refractivity contribution in [3.8, 4) is 11.3 Å². The molecule has 3 rings (SSSR count). The third kappa shape index (κ3) is 3.31. The standard InChI is InChI=1S/C18H21N3/c1-18(2,3)20-12-17-19-11-16(21-17)15-9-8-13-6-4-5-7-14(13)10-15/h4-11,20H,12H2,1-3H3,(H,19,21). The Bertz CT molecular complexity index is 750. The molecule has 0 aliphatic rings. The molecule has 0 radical (unpaired) electrons. The summed E-state index contributed by atoms with van der Waals surface area (Å²) in [5, 5.41) is 5.95. The van der Waals surface area contributed by atoms with Gasteiger partial charge in [-0.2, -0.15) is 0 Å². The van der Waals surface area contributed by atoms with Crippen molar-refractivity contribution in [1.82, 2.24) is 15.3 Å². The van der Waals surface area contributed by atoms with Crippen LogP contribution >= 0.6 is 0 Å². The highest BCUT2D eigenvalue weighted by atomic mass is 15.0. The lowest BCUT2D eigenvalue weighted by Crippen LogP contribution is -2.35.